The molecule has 0 saturated heterocycles. The third-order valence-electron chi connectivity index (χ3n) is 3.31. The topological polar surface area (TPSA) is 91.7 Å². The molecule has 0 fully saturated rings. The van der Waals surface area contributed by atoms with Crippen molar-refractivity contribution in [1.82, 2.24) is 24.7 Å². The van der Waals surface area contributed by atoms with E-state index in [2.05, 4.69) is 20.1 Å². The van der Waals surface area contributed by atoms with Gasteiger partial charge in [-0.15, -0.1) is 0 Å². The van der Waals surface area contributed by atoms with E-state index < -0.39 is 0 Å². The van der Waals surface area contributed by atoms with Gasteiger partial charge in [0.2, 0.25) is 5.95 Å². The van der Waals surface area contributed by atoms with Gasteiger partial charge < -0.3 is 10.5 Å². The van der Waals surface area contributed by atoms with Crippen LogP contribution in [0.4, 0.5) is 5.95 Å². The van der Waals surface area contributed by atoms with Crippen molar-refractivity contribution in [3.05, 3.63) is 42.2 Å². The summed E-state index contributed by atoms with van der Waals surface area (Å²) in [5, 5.41) is 4.11. The molecule has 0 aliphatic carbocycles. The highest BCUT2D eigenvalue weighted by Crippen LogP contribution is 2.35. The van der Waals surface area contributed by atoms with Crippen molar-refractivity contribution in [3.63, 3.8) is 0 Å². The zero-order valence-corrected chi connectivity index (χ0v) is 11.1. The number of rotatable bonds is 2. The van der Waals surface area contributed by atoms with Crippen LogP contribution in [0.3, 0.4) is 0 Å². The fraction of sp³-hybridized carbons (Fsp3) is 0.143. The Morgan fingerprint density at radius 1 is 1.14 bits per heavy atom. The molecule has 3 aromatic rings. The van der Waals surface area contributed by atoms with E-state index in [4.69, 9.17) is 10.5 Å². The second-order valence-electron chi connectivity index (χ2n) is 4.66. The van der Waals surface area contributed by atoms with Crippen molar-refractivity contribution in [2.45, 2.75) is 6.42 Å². The van der Waals surface area contributed by atoms with Gasteiger partial charge in [-0.2, -0.15) is 20.1 Å². The highest BCUT2D eigenvalue weighted by atomic mass is 16.5. The Labute approximate surface area is 120 Å². The summed E-state index contributed by atoms with van der Waals surface area (Å²) in [6, 6.07) is 7.73. The molecule has 0 spiro atoms. The van der Waals surface area contributed by atoms with Gasteiger partial charge in [-0.1, -0.05) is 12.1 Å². The number of aromatic nitrogens is 5. The second kappa shape index (κ2) is 4.55. The molecule has 7 nitrogen and oxygen atoms in total. The van der Waals surface area contributed by atoms with Crippen LogP contribution < -0.4 is 10.5 Å². The predicted octanol–water partition coefficient (Wildman–Crippen LogP) is 1.24. The van der Waals surface area contributed by atoms with Gasteiger partial charge in [-0.25, -0.2) is 4.68 Å². The molecular formula is C14H12N6O. The average Bonchev–Trinajstić information content (AvgIpc) is 3.17. The quantitative estimate of drug-likeness (QED) is 0.759. The van der Waals surface area contributed by atoms with Crippen molar-refractivity contribution in [2.75, 3.05) is 12.3 Å². The standard InChI is InChI=1S/C14H12N6O/c15-13-17-12(18-14(19-13)20-7-2-6-16-20)10-4-1-3-9-5-8-21-11(9)10/h1-4,6-7H,5,8H2,(H2,15,17,18,19). The molecule has 0 amide bonds. The summed E-state index contributed by atoms with van der Waals surface area (Å²) in [5.41, 5.74) is 7.79. The Morgan fingerprint density at radius 2 is 2.10 bits per heavy atom. The lowest BCUT2D eigenvalue weighted by Gasteiger charge is -2.08. The fourth-order valence-electron chi connectivity index (χ4n) is 2.38. The van der Waals surface area contributed by atoms with E-state index in [-0.39, 0.29) is 5.95 Å². The number of nitrogen functional groups attached to an aromatic ring is 1. The third-order valence-corrected chi connectivity index (χ3v) is 3.31. The average molecular weight is 280 g/mol. The molecule has 1 aromatic carbocycles. The first-order valence-electron chi connectivity index (χ1n) is 6.58. The number of hydrogen-bond donors (Lipinski definition) is 1. The minimum absolute atomic E-state index is 0.154. The zero-order valence-electron chi connectivity index (χ0n) is 11.1. The van der Waals surface area contributed by atoms with Crippen molar-refractivity contribution < 1.29 is 4.74 Å². The lowest BCUT2D eigenvalue weighted by molar-refractivity contribution is 0.358. The molecule has 1 aliphatic heterocycles. The van der Waals surface area contributed by atoms with Gasteiger partial charge >= 0.3 is 0 Å². The summed E-state index contributed by atoms with van der Waals surface area (Å²) in [5.74, 6) is 1.86. The SMILES string of the molecule is Nc1nc(-c2cccc3c2OCC3)nc(-n2cccn2)n1. The molecule has 104 valence electrons. The number of para-hydroxylation sites is 1. The van der Waals surface area contributed by atoms with Crippen LogP contribution >= 0.6 is 0 Å². The van der Waals surface area contributed by atoms with Gasteiger partial charge in [-0.05, 0) is 17.7 Å². The molecule has 4 rings (SSSR count). The van der Waals surface area contributed by atoms with Gasteiger partial charge in [-0.3, -0.25) is 0 Å². The van der Waals surface area contributed by atoms with Crippen molar-refractivity contribution in [1.29, 1.82) is 0 Å². The number of benzene rings is 1. The Bertz CT molecular complexity index is 799. The van der Waals surface area contributed by atoms with Gasteiger partial charge in [0.15, 0.2) is 5.82 Å². The maximum absolute atomic E-state index is 5.80. The first kappa shape index (κ1) is 11.8. The number of fused-ring (bicyclic) bond motifs is 1. The first-order chi connectivity index (χ1) is 10.3. The molecule has 0 bridgehead atoms. The largest absolute Gasteiger partial charge is 0.492 e. The molecule has 2 aromatic heterocycles. The van der Waals surface area contributed by atoms with Crippen LogP contribution in [0.25, 0.3) is 17.3 Å². The third kappa shape index (κ3) is 1.99. The van der Waals surface area contributed by atoms with Crippen LogP contribution in [-0.4, -0.2) is 31.3 Å². The Hall–Kier alpha value is -2.96. The molecule has 7 heteroatoms. The summed E-state index contributed by atoms with van der Waals surface area (Å²) in [6.45, 7) is 0.679. The van der Waals surface area contributed by atoms with Gasteiger partial charge in [0.05, 0.1) is 12.2 Å². The Morgan fingerprint density at radius 3 is 2.95 bits per heavy atom. The van der Waals surface area contributed by atoms with Crippen molar-refractivity contribution in [2.24, 2.45) is 0 Å². The minimum atomic E-state index is 0.154. The molecule has 21 heavy (non-hydrogen) atoms. The van der Waals surface area contributed by atoms with Gasteiger partial charge in [0.1, 0.15) is 5.75 Å². The predicted molar refractivity (Wildman–Crippen MR) is 76.0 cm³/mol. The minimum Gasteiger partial charge on any atom is -0.492 e. The molecule has 0 radical (unpaired) electrons. The van der Waals surface area contributed by atoms with Crippen LogP contribution in [-0.2, 0) is 6.42 Å². The number of nitrogens with two attached hydrogens (primary N) is 1. The fourth-order valence-corrected chi connectivity index (χ4v) is 2.38. The number of nitrogens with zero attached hydrogens (tertiary/aromatic N) is 5. The lowest BCUT2D eigenvalue weighted by atomic mass is 10.1. The molecule has 1 aliphatic rings. The number of hydrogen-bond acceptors (Lipinski definition) is 6. The lowest BCUT2D eigenvalue weighted by Crippen LogP contribution is -2.08. The second-order valence-corrected chi connectivity index (χ2v) is 4.66. The van der Waals surface area contributed by atoms with Crippen LogP contribution in [0.5, 0.6) is 5.75 Å². The summed E-state index contributed by atoms with van der Waals surface area (Å²) in [6.07, 6.45) is 4.31. The van der Waals surface area contributed by atoms with E-state index in [1.807, 2.05) is 18.2 Å². The van der Waals surface area contributed by atoms with Crippen LogP contribution in [0.15, 0.2) is 36.7 Å². The first-order valence-corrected chi connectivity index (χ1v) is 6.58. The van der Waals surface area contributed by atoms with Crippen LogP contribution in [0.2, 0.25) is 0 Å². The van der Waals surface area contributed by atoms with E-state index >= 15 is 0 Å². The van der Waals surface area contributed by atoms with Gasteiger partial charge in [0.25, 0.3) is 5.95 Å². The molecule has 0 saturated carbocycles. The summed E-state index contributed by atoms with van der Waals surface area (Å²) >= 11 is 0. The van der Waals surface area contributed by atoms with Gasteiger partial charge in [0, 0.05) is 18.8 Å². The summed E-state index contributed by atoms with van der Waals surface area (Å²) < 4.78 is 7.24. The van der Waals surface area contributed by atoms with E-state index in [9.17, 15) is 0 Å². The maximum atomic E-state index is 5.80. The zero-order chi connectivity index (χ0) is 14.2. The Kier molecular flexibility index (Phi) is 2.56. The van der Waals surface area contributed by atoms with E-state index in [0.717, 1.165) is 23.3 Å². The smallest absolute Gasteiger partial charge is 0.255 e. The summed E-state index contributed by atoms with van der Waals surface area (Å²) in [7, 11) is 0. The number of ether oxygens (including phenoxy) is 1. The van der Waals surface area contributed by atoms with Crippen molar-refractivity contribution in [3.8, 4) is 23.1 Å². The Balaban J connectivity index is 1.88. The highest BCUT2D eigenvalue weighted by Gasteiger charge is 2.19. The van der Waals surface area contributed by atoms with Crippen LogP contribution in [0.1, 0.15) is 5.56 Å². The molecule has 0 atom stereocenters. The monoisotopic (exact) mass is 280 g/mol. The van der Waals surface area contributed by atoms with Crippen molar-refractivity contribution >= 4 is 5.95 Å². The van der Waals surface area contributed by atoms with Crippen LogP contribution in [0, 0.1) is 0 Å². The van der Waals surface area contributed by atoms with E-state index in [1.165, 1.54) is 0 Å². The molecule has 3 heterocycles. The maximum Gasteiger partial charge on any atom is 0.255 e. The number of anilines is 1. The van der Waals surface area contributed by atoms with E-state index in [1.54, 1.807) is 23.1 Å². The van der Waals surface area contributed by atoms with E-state index in [0.29, 0.717) is 18.4 Å². The summed E-state index contributed by atoms with van der Waals surface area (Å²) in [4.78, 5) is 12.8. The normalized spacial score (nSPS) is 13.0. The molecule has 0 unspecified atom stereocenters. The molecule has 2 N–H and O–H groups in total. The highest BCUT2D eigenvalue weighted by molar-refractivity contribution is 5.68. The molecular weight excluding hydrogens is 268 g/mol.